The van der Waals surface area contributed by atoms with Gasteiger partial charge in [0.1, 0.15) is 0 Å². The summed E-state index contributed by atoms with van der Waals surface area (Å²) in [5.74, 6) is -2.32. The van der Waals surface area contributed by atoms with Crippen molar-refractivity contribution in [1.82, 2.24) is 0 Å². The van der Waals surface area contributed by atoms with Crippen LogP contribution in [0, 0.1) is 13.8 Å². The first-order valence-electron chi connectivity index (χ1n) is 8.59. The van der Waals surface area contributed by atoms with Crippen LogP contribution in [0.25, 0.3) is 11.1 Å². The van der Waals surface area contributed by atoms with Gasteiger partial charge in [-0.1, -0.05) is 35.9 Å². The Balaban J connectivity index is 2.52. The van der Waals surface area contributed by atoms with Crippen LogP contribution in [0.1, 0.15) is 36.5 Å². The molecule has 5 heteroatoms. The second-order valence-corrected chi connectivity index (χ2v) is 6.39. The summed E-state index contributed by atoms with van der Waals surface area (Å²) < 4.78 is 10.1. The molecule has 0 atom stereocenters. The lowest BCUT2D eigenvalue weighted by atomic mass is 9.92. The standard InChI is InChI=1S/C21H23ClO4/c1-5-25-20(23)19(21(24)26-6-2)16-9-7-8-15(12-16)17-10-13(3)11-18(22)14(17)4/h7-12,19H,5-6H2,1-4H3. The molecular formula is C21H23ClO4. The van der Waals surface area contributed by atoms with Crippen LogP contribution in [0.15, 0.2) is 36.4 Å². The number of ether oxygens (including phenoxy) is 2. The third kappa shape index (κ3) is 4.44. The highest BCUT2D eigenvalue weighted by Gasteiger charge is 2.31. The zero-order chi connectivity index (χ0) is 19.3. The number of hydrogen-bond acceptors (Lipinski definition) is 4. The van der Waals surface area contributed by atoms with E-state index in [1.54, 1.807) is 19.9 Å². The van der Waals surface area contributed by atoms with Crippen LogP contribution in [-0.2, 0) is 19.1 Å². The summed E-state index contributed by atoms with van der Waals surface area (Å²) in [5.41, 5.74) is 4.36. The quantitative estimate of drug-likeness (QED) is 0.536. The van der Waals surface area contributed by atoms with Gasteiger partial charge in [-0.3, -0.25) is 9.59 Å². The minimum atomic E-state index is -1.10. The molecule has 0 saturated carbocycles. The normalized spacial score (nSPS) is 10.7. The van der Waals surface area contributed by atoms with E-state index in [-0.39, 0.29) is 13.2 Å². The van der Waals surface area contributed by atoms with E-state index in [1.165, 1.54) is 0 Å². The van der Waals surface area contributed by atoms with Crippen molar-refractivity contribution in [2.24, 2.45) is 0 Å². The van der Waals surface area contributed by atoms with Crippen molar-refractivity contribution >= 4 is 23.5 Å². The van der Waals surface area contributed by atoms with Crippen molar-refractivity contribution in [3.63, 3.8) is 0 Å². The van der Waals surface area contributed by atoms with E-state index >= 15 is 0 Å². The molecule has 0 heterocycles. The van der Waals surface area contributed by atoms with E-state index in [9.17, 15) is 9.59 Å². The first-order valence-corrected chi connectivity index (χ1v) is 8.97. The summed E-state index contributed by atoms with van der Waals surface area (Å²) in [5, 5.41) is 0.678. The molecule has 0 bridgehead atoms. The third-order valence-corrected chi connectivity index (χ3v) is 4.46. The van der Waals surface area contributed by atoms with Gasteiger partial charge >= 0.3 is 11.9 Å². The fourth-order valence-corrected chi connectivity index (χ4v) is 3.09. The average Bonchev–Trinajstić information content (AvgIpc) is 2.59. The van der Waals surface area contributed by atoms with Gasteiger partial charge in [-0.2, -0.15) is 0 Å². The molecule has 0 radical (unpaired) electrons. The van der Waals surface area contributed by atoms with Crippen molar-refractivity contribution in [2.45, 2.75) is 33.6 Å². The molecule has 0 aromatic heterocycles. The molecular weight excluding hydrogens is 352 g/mol. The van der Waals surface area contributed by atoms with E-state index in [4.69, 9.17) is 21.1 Å². The highest BCUT2D eigenvalue weighted by atomic mass is 35.5. The van der Waals surface area contributed by atoms with Crippen LogP contribution in [-0.4, -0.2) is 25.2 Å². The summed E-state index contributed by atoms with van der Waals surface area (Å²) in [4.78, 5) is 24.7. The number of halogens is 1. The maximum Gasteiger partial charge on any atom is 0.324 e. The summed E-state index contributed by atoms with van der Waals surface area (Å²) in [6.45, 7) is 7.71. The van der Waals surface area contributed by atoms with Crippen LogP contribution in [0.3, 0.4) is 0 Å². The average molecular weight is 375 g/mol. The highest BCUT2D eigenvalue weighted by molar-refractivity contribution is 6.31. The molecule has 0 amide bonds. The predicted octanol–water partition coefficient (Wildman–Crippen LogP) is 4.83. The Kier molecular flexibility index (Phi) is 6.81. The van der Waals surface area contributed by atoms with Gasteiger partial charge < -0.3 is 9.47 Å². The minimum Gasteiger partial charge on any atom is -0.465 e. The number of carbonyl (C=O) groups excluding carboxylic acids is 2. The van der Waals surface area contributed by atoms with E-state index in [1.807, 2.05) is 44.2 Å². The lowest BCUT2D eigenvalue weighted by molar-refractivity contribution is -0.156. The number of rotatable bonds is 6. The fourth-order valence-electron chi connectivity index (χ4n) is 2.82. The Bertz CT molecular complexity index is 796. The maximum absolute atomic E-state index is 12.3. The second kappa shape index (κ2) is 8.86. The Labute approximate surface area is 159 Å². The smallest absolute Gasteiger partial charge is 0.324 e. The lowest BCUT2D eigenvalue weighted by Gasteiger charge is -2.16. The molecule has 0 aliphatic rings. The van der Waals surface area contributed by atoms with Crippen molar-refractivity contribution in [3.8, 4) is 11.1 Å². The van der Waals surface area contributed by atoms with Gasteiger partial charge in [0.2, 0.25) is 0 Å². The molecule has 26 heavy (non-hydrogen) atoms. The Morgan fingerprint density at radius 2 is 1.62 bits per heavy atom. The predicted molar refractivity (Wildman–Crippen MR) is 102 cm³/mol. The van der Waals surface area contributed by atoms with Crippen LogP contribution < -0.4 is 0 Å². The number of carbonyl (C=O) groups is 2. The van der Waals surface area contributed by atoms with Crippen LogP contribution in [0.5, 0.6) is 0 Å². The van der Waals surface area contributed by atoms with Crippen molar-refractivity contribution < 1.29 is 19.1 Å². The van der Waals surface area contributed by atoms with Crippen molar-refractivity contribution in [2.75, 3.05) is 13.2 Å². The zero-order valence-corrected chi connectivity index (χ0v) is 16.2. The Hall–Kier alpha value is -2.33. The Morgan fingerprint density at radius 1 is 1.00 bits per heavy atom. The van der Waals surface area contributed by atoms with E-state index in [0.29, 0.717) is 10.6 Å². The number of benzene rings is 2. The first-order chi connectivity index (χ1) is 12.4. The van der Waals surface area contributed by atoms with E-state index in [2.05, 4.69) is 0 Å². The molecule has 2 aromatic rings. The van der Waals surface area contributed by atoms with Gasteiger partial charge in [-0.25, -0.2) is 0 Å². The van der Waals surface area contributed by atoms with Crippen LogP contribution >= 0.6 is 11.6 Å². The number of esters is 2. The third-order valence-electron chi connectivity index (χ3n) is 4.06. The van der Waals surface area contributed by atoms with Crippen LogP contribution in [0.4, 0.5) is 0 Å². The molecule has 2 aromatic carbocycles. The van der Waals surface area contributed by atoms with E-state index in [0.717, 1.165) is 22.3 Å². The number of hydrogen-bond donors (Lipinski definition) is 0. The van der Waals surface area contributed by atoms with Gasteiger partial charge in [0.05, 0.1) is 13.2 Å². The Morgan fingerprint density at radius 3 is 2.19 bits per heavy atom. The molecule has 0 spiro atoms. The lowest BCUT2D eigenvalue weighted by Crippen LogP contribution is -2.26. The fraction of sp³-hybridized carbons (Fsp3) is 0.333. The van der Waals surface area contributed by atoms with Gasteiger partial charge in [0, 0.05) is 5.02 Å². The highest BCUT2D eigenvalue weighted by Crippen LogP contribution is 2.32. The molecule has 0 aliphatic carbocycles. The molecule has 2 rings (SSSR count). The maximum atomic E-state index is 12.3. The van der Waals surface area contributed by atoms with Crippen LogP contribution in [0.2, 0.25) is 5.02 Å². The molecule has 0 unspecified atom stereocenters. The molecule has 4 nitrogen and oxygen atoms in total. The largest absolute Gasteiger partial charge is 0.465 e. The first kappa shape index (κ1) is 20.0. The van der Waals surface area contributed by atoms with Gasteiger partial charge in [-0.05, 0) is 67.6 Å². The molecule has 0 saturated heterocycles. The van der Waals surface area contributed by atoms with Gasteiger partial charge in [0.25, 0.3) is 0 Å². The van der Waals surface area contributed by atoms with Gasteiger partial charge in [0.15, 0.2) is 5.92 Å². The van der Waals surface area contributed by atoms with Gasteiger partial charge in [-0.15, -0.1) is 0 Å². The summed E-state index contributed by atoms with van der Waals surface area (Å²) >= 11 is 6.31. The number of aryl methyl sites for hydroxylation is 1. The summed E-state index contributed by atoms with van der Waals surface area (Å²) in [6.07, 6.45) is 0. The second-order valence-electron chi connectivity index (χ2n) is 5.98. The molecule has 0 aliphatic heterocycles. The monoisotopic (exact) mass is 374 g/mol. The SMILES string of the molecule is CCOC(=O)C(C(=O)OCC)c1cccc(-c2cc(C)cc(Cl)c2C)c1. The van der Waals surface area contributed by atoms with Crippen molar-refractivity contribution in [3.05, 3.63) is 58.1 Å². The summed E-state index contributed by atoms with van der Waals surface area (Å²) in [7, 11) is 0. The molecule has 0 N–H and O–H groups in total. The summed E-state index contributed by atoms with van der Waals surface area (Å²) in [6, 6.07) is 11.2. The molecule has 138 valence electrons. The van der Waals surface area contributed by atoms with Crippen molar-refractivity contribution in [1.29, 1.82) is 0 Å². The zero-order valence-electron chi connectivity index (χ0n) is 15.5. The minimum absolute atomic E-state index is 0.195. The van der Waals surface area contributed by atoms with E-state index < -0.39 is 17.9 Å². The topological polar surface area (TPSA) is 52.6 Å². The molecule has 0 fully saturated rings.